The minimum Gasteiger partial charge on any atom is -0.388 e. The van der Waals surface area contributed by atoms with Gasteiger partial charge in [0.05, 0.1) is 5.60 Å². The first-order chi connectivity index (χ1) is 9.63. The summed E-state index contributed by atoms with van der Waals surface area (Å²) in [5, 5.41) is 13.1. The molecule has 1 aromatic rings. The van der Waals surface area contributed by atoms with E-state index in [1.54, 1.807) is 0 Å². The maximum atomic E-state index is 12.0. The largest absolute Gasteiger partial charge is 0.388 e. The number of amides is 1. The predicted molar refractivity (Wildman–Crippen MR) is 80.8 cm³/mol. The van der Waals surface area contributed by atoms with E-state index in [-0.39, 0.29) is 5.91 Å². The summed E-state index contributed by atoms with van der Waals surface area (Å²) in [6, 6.07) is 7.79. The average molecular weight is 275 g/mol. The molecular weight excluding hydrogens is 250 g/mol. The Kier molecular flexibility index (Phi) is 5.18. The molecule has 2 N–H and O–H groups in total. The molecular formula is C17H25NO2. The molecule has 0 bridgehead atoms. The van der Waals surface area contributed by atoms with Gasteiger partial charge in [-0.3, -0.25) is 4.79 Å². The van der Waals surface area contributed by atoms with E-state index in [4.69, 9.17) is 0 Å². The van der Waals surface area contributed by atoms with Crippen LogP contribution in [0.1, 0.15) is 61.4 Å². The summed E-state index contributed by atoms with van der Waals surface area (Å²) < 4.78 is 0. The molecule has 3 heteroatoms. The Bertz CT molecular complexity index is 433. The van der Waals surface area contributed by atoms with Crippen molar-refractivity contribution in [3.63, 3.8) is 0 Å². The summed E-state index contributed by atoms with van der Waals surface area (Å²) in [4.78, 5) is 12.0. The number of nitrogens with one attached hydrogen (secondary N) is 1. The van der Waals surface area contributed by atoms with Crippen molar-refractivity contribution in [2.45, 2.75) is 57.5 Å². The highest BCUT2D eigenvalue weighted by Gasteiger charge is 2.31. The van der Waals surface area contributed by atoms with Crippen molar-refractivity contribution in [3.05, 3.63) is 35.4 Å². The first-order valence-corrected chi connectivity index (χ1v) is 7.72. The third-order valence-electron chi connectivity index (χ3n) is 4.15. The second kappa shape index (κ2) is 6.89. The maximum absolute atomic E-state index is 12.0. The lowest BCUT2D eigenvalue weighted by atomic mass is 10.0. The molecule has 0 radical (unpaired) electrons. The molecule has 1 fully saturated rings. The number of hydrogen-bond acceptors (Lipinski definition) is 2. The fraction of sp³-hybridized carbons (Fsp3) is 0.588. The summed E-state index contributed by atoms with van der Waals surface area (Å²) in [5.41, 5.74) is 1.26. The van der Waals surface area contributed by atoms with Crippen LogP contribution in [0.3, 0.4) is 0 Å². The van der Waals surface area contributed by atoms with Crippen LogP contribution in [0.5, 0.6) is 0 Å². The summed E-state index contributed by atoms with van der Waals surface area (Å²) in [7, 11) is 0. The highest BCUT2D eigenvalue weighted by Crippen LogP contribution is 2.28. The highest BCUT2D eigenvalue weighted by molar-refractivity contribution is 5.94. The lowest BCUT2D eigenvalue weighted by Crippen LogP contribution is -2.40. The van der Waals surface area contributed by atoms with Gasteiger partial charge in [-0.2, -0.15) is 0 Å². The van der Waals surface area contributed by atoms with Crippen LogP contribution in [0.2, 0.25) is 0 Å². The average Bonchev–Trinajstić information content (AvgIpc) is 2.90. The van der Waals surface area contributed by atoms with Crippen LogP contribution in [0.4, 0.5) is 0 Å². The molecule has 1 saturated carbocycles. The van der Waals surface area contributed by atoms with Crippen molar-refractivity contribution in [2.24, 2.45) is 0 Å². The molecule has 110 valence electrons. The topological polar surface area (TPSA) is 49.3 Å². The first kappa shape index (κ1) is 15.0. The van der Waals surface area contributed by atoms with Crippen molar-refractivity contribution in [1.82, 2.24) is 5.32 Å². The molecule has 0 aliphatic heterocycles. The van der Waals surface area contributed by atoms with E-state index >= 15 is 0 Å². The van der Waals surface area contributed by atoms with Crippen LogP contribution < -0.4 is 5.32 Å². The number of unbranched alkanes of at least 4 members (excludes halogenated alkanes) is 1. The van der Waals surface area contributed by atoms with Gasteiger partial charge in [-0.25, -0.2) is 0 Å². The van der Waals surface area contributed by atoms with E-state index in [0.29, 0.717) is 12.1 Å². The Balaban J connectivity index is 1.85. The third-order valence-corrected chi connectivity index (χ3v) is 4.15. The molecule has 2 rings (SSSR count). The molecule has 1 aromatic carbocycles. The third kappa shape index (κ3) is 4.07. The normalized spacial score (nSPS) is 17.1. The van der Waals surface area contributed by atoms with Crippen molar-refractivity contribution >= 4 is 5.91 Å². The van der Waals surface area contributed by atoms with E-state index < -0.39 is 5.60 Å². The number of hydrogen-bond donors (Lipinski definition) is 2. The molecule has 0 spiro atoms. The van der Waals surface area contributed by atoms with E-state index in [9.17, 15) is 9.90 Å². The first-order valence-electron chi connectivity index (χ1n) is 7.72. The Morgan fingerprint density at radius 3 is 2.50 bits per heavy atom. The predicted octanol–water partition coefficient (Wildman–Crippen LogP) is 3.06. The van der Waals surface area contributed by atoms with Crippen LogP contribution in [0.15, 0.2) is 24.3 Å². The van der Waals surface area contributed by atoms with E-state index in [2.05, 4.69) is 12.2 Å². The number of aliphatic hydroxyl groups is 1. The molecule has 20 heavy (non-hydrogen) atoms. The molecule has 3 nitrogen and oxygen atoms in total. The van der Waals surface area contributed by atoms with Crippen molar-refractivity contribution in [3.8, 4) is 0 Å². The van der Waals surface area contributed by atoms with Gasteiger partial charge in [0.15, 0.2) is 0 Å². The summed E-state index contributed by atoms with van der Waals surface area (Å²) in [5.74, 6) is -0.0904. The van der Waals surface area contributed by atoms with Gasteiger partial charge < -0.3 is 10.4 Å². The number of aryl methyl sites for hydroxylation is 1. The monoisotopic (exact) mass is 275 g/mol. The van der Waals surface area contributed by atoms with Gasteiger partial charge in [-0.1, -0.05) is 38.3 Å². The van der Waals surface area contributed by atoms with Gasteiger partial charge in [0.1, 0.15) is 0 Å². The van der Waals surface area contributed by atoms with Crippen molar-refractivity contribution < 1.29 is 9.90 Å². The molecule has 1 aliphatic rings. The van der Waals surface area contributed by atoms with E-state index in [0.717, 1.165) is 32.1 Å². The van der Waals surface area contributed by atoms with Crippen LogP contribution in [0, 0.1) is 0 Å². The molecule has 0 heterocycles. The lowest BCUT2D eigenvalue weighted by molar-refractivity contribution is 0.0449. The number of carbonyl (C=O) groups is 1. The van der Waals surface area contributed by atoms with Gasteiger partial charge in [0, 0.05) is 12.1 Å². The van der Waals surface area contributed by atoms with Gasteiger partial charge in [0.25, 0.3) is 5.91 Å². The van der Waals surface area contributed by atoms with Crippen LogP contribution in [-0.4, -0.2) is 23.2 Å². The zero-order chi connectivity index (χ0) is 14.4. The second-order valence-corrected chi connectivity index (χ2v) is 5.91. The number of rotatable bonds is 6. The van der Waals surface area contributed by atoms with Gasteiger partial charge in [0.2, 0.25) is 0 Å². The van der Waals surface area contributed by atoms with Crippen molar-refractivity contribution in [2.75, 3.05) is 6.54 Å². The molecule has 1 amide bonds. The van der Waals surface area contributed by atoms with E-state index in [1.165, 1.54) is 18.4 Å². The van der Waals surface area contributed by atoms with Gasteiger partial charge in [-0.05, 0) is 43.4 Å². The van der Waals surface area contributed by atoms with Crippen LogP contribution >= 0.6 is 0 Å². The fourth-order valence-electron chi connectivity index (χ4n) is 2.76. The fourth-order valence-corrected chi connectivity index (χ4v) is 2.76. The van der Waals surface area contributed by atoms with Crippen molar-refractivity contribution in [1.29, 1.82) is 0 Å². The Hall–Kier alpha value is -1.35. The van der Waals surface area contributed by atoms with Gasteiger partial charge in [-0.15, -0.1) is 0 Å². The van der Waals surface area contributed by atoms with E-state index in [1.807, 2.05) is 24.3 Å². The Morgan fingerprint density at radius 2 is 1.90 bits per heavy atom. The zero-order valence-corrected chi connectivity index (χ0v) is 12.3. The van der Waals surface area contributed by atoms with Crippen LogP contribution in [-0.2, 0) is 6.42 Å². The standard InChI is InChI=1S/C17H25NO2/c1-2-3-6-14-7-9-15(10-8-14)16(19)18-13-17(20)11-4-5-12-17/h7-10,20H,2-6,11-13H2,1H3,(H,18,19). The number of carbonyl (C=O) groups excluding carboxylic acids is 1. The number of benzene rings is 1. The minimum absolute atomic E-state index is 0.0904. The Labute approximate surface area is 121 Å². The maximum Gasteiger partial charge on any atom is 0.251 e. The Morgan fingerprint density at radius 1 is 1.25 bits per heavy atom. The minimum atomic E-state index is -0.684. The zero-order valence-electron chi connectivity index (χ0n) is 12.3. The SMILES string of the molecule is CCCCc1ccc(C(=O)NCC2(O)CCCC2)cc1. The summed E-state index contributed by atoms with van der Waals surface area (Å²) in [6.07, 6.45) is 7.13. The van der Waals surface area contributed by atoms with Crippen LogP contribution in [0.25, 0.3) is 0 Å². The van der Waals surface area contributed by atoms with Gasteiger partial charge >= 0.3 is 0 Å². The summed E-state index contributed by atoms with van der Waals surface area (Å²) >= 11 is 0. The quantitative estimate of drug-likeness (QED) is 0.838. The highest BCUT2D eigenvalue weighted by atomic mass is 16.3. The lowest BCUT2D eigenvalue weighted by Gasteiger charge is -2.22. The molecule has 1 aliphatic carbocycles. The summed E-state index contributed by atoms with van der Waals surface area (Å²) in [6.45, 7) is 2.54. The molecule has 0 saturated heterocycles. The second-order valence-electron chi connectivity index (χ2n) is 5.91. The molecule has 0 aromatic heterocycles. The molecule has 0 unspecified atom stereocenters. The molecule has 0 atom stereocenters. The smallest absolute Gasteiger partial charge is 0.251 e.